The van der Waals surface area contributed by atoms with Crippen LogP contribution in [0.15, 0.2) is 29.3 Å². The van der Waals surface area contributed by atoms with Crippen LogP contribution in [0.2, 0.25) is 0 Å². The maximum absolute atomic E-state index is 13.0. The fourth-order valence-corrected chi connectivity index (χ4v) is 5.74. The first-order valence-electron chi connectivity index (χ1n) is 12.0. The lowest BCUT2D eigenvalue weighted by atomic mass is 9.65. The minimum absolute atomic E-state index is 0.294. The summed E-state index contributed by atoms with van der Waals surface area (Å²) in [6.07, 6.45) is 5.19. The number of aliphatic carboxylic acids is 1. The van der Waals surface area contributed by atoms with Gasteiger partial charge in [-0.3, -0.25) is 9.79 Å². The number of carboxylic acids is 1. The normalized spacial score (nSPS) is 21.6. The van der Waals surface area contributed by atoms with Crippen LogP contribution in [-0.2, 0) is 11.0 Å². The molecule has 2 aliphatic heterocycles. The molecule has 1 aromatic carbocycles. The van der Waals surface area contributed by atoms with Crippen molar-refractivity contribution in [1.82, 2.24) is 14.9 Å². The first-order valence-corrected chi connectivity index (χ1v) is 12.0. The van der Waals surface area contributed by atoms with Crippen LogP contribution in [0.25, 0.3) is 16.6 Å². The molecule has 0 bridgehead atoms. The van der Waals surface area contributed by atoms with Crippen LogP contribution in [0.1, 0.15) is 62.8 Å². The topological polar surface area (TPSA) is 81.6 Å². The number of rotatable bonds is 3. The number of piperidine rings is 1. The Kier molecular flexibility index (Phi) is 5.90. The summed E-state index contributed by atoms with van der Waals surface area (Å²) in [6, 6.07) is 3.55. The van der Waals surface area contributed by atoms with Crippen molar-refractivity contribution in [1.29, 1.82) is 0 Å². The van der Waals surface area contributed by atoms with Gasteiger partial charge in [-0.1, -0.05) is 6.08 Å². The Hall–Kier alpha value is -2.84. The number of imidazole rings is 1. The summed E-state index contributed by atoms with van der Waals surface area (Å²) in [4.78, 5) is 25.6. The second kappa shape index (κ2) is 8.74. The van der Waals surface area contributed by atoms with E-state index in [-0.39, 0.29) is 0 Å². The van der Waals surface area contributed by atoms with Gasteiger partial charge in [-0.05, 0) is 68.1 Å². The zero-order chi connectivity index (χ0) is 23.9. The number of likely N-dealkylation sites (tertiary alicyclic amines) is 1. The number of dihydropyridines is 1. The summed E-state index contributed by atoms with van der Waals surface area (Å²) in [5.41, 5.74) is 1.45. The highest BCUT2D eigenvalue weighted by Gasteiger charge is 2.39. The molecule has 182 valence electrons. The SMILES string of the molecule is O=C(O)CC1CCC2(CC1)CCN(C1=NCC(c3nc4ccc(C(F)(F)F)cc4[nH]3)=CC1)CC2. The van der Waals surface area contributed by atoms with Crippen LogP contribution in [-0.4, -0.2) is 51.4 Å². The van der Waals surface area contributed by atoms with Crippen LogP contribution in [0.5, 0.6) is 0 Å². The van der Waals surface area contributed by atoms with E-state index in [1.807, 2.05) is 0 Å². The van der Waals surface area contributed by atoms with Crippen molar-refractivity contribution in [3.63, 3.8) is 0 Å². The van der Waals surface area contributed by atoms with E-state index in [0.717, 1.165) is 75.2 Å². The van der Waals surface area contributed by atoms with Crippen molar-refractivity contribution < 1.29 is 23.1 Å². The largest absolute Gasteiger partial charge is 0.481 e. The number of aliphatic imine (C=N–C) groups is 1. The van der Waals surface area contributed by atoms with Crippen molar-refractivity contribution in [3.8, 4) is 0 Å². The molecule has 1 aromatic heterocycles. The number of amidine groups is 1. The second-order valence-electron chi connectivity index (χ2n) is 10.0. The number of fused-ring (bicyclic) bond motifs is 1. The zero-order valence-corrected chi connectivity index (χ0v) is 19.0. The third kappa shape index (κ3) is 4.70. The van der Waals surface area contributed by atoms with Crippen LogP contribution in [0.4, 0.5) is 13.2 Å². The van der Waals surface area contributed by atoms with Gasteiger partial charge < -0.3 is 15.0 Å². The smallest absolute Gasteiger partial charge is 0.416 e. The number of benzene rings is 1. The van der Waals surface area contributed by atoms with E-state index in [1.165, 1.54) is 6.07 Å². The van der Waals surface area contributed by atoms with Crippen molar-refractivity contribution in [2.24, 2.45) is 16.3 Å². The number of carboxylic acid groups (broad SMARTS) is 1. The highest BCUT2D eigenvalue weighted by molar-refractivity contribution is 5.89. The van der Waals surface area contributed by atoms with Gasteiger partial charge in [0.15, 0.2) is 0 Å². The molecule has 0 amide bonds. The van der Waals surface area contributed by atoms with Crippen LogP contribution < -0.4 is 0 Å². The molecule has 3 aliphatic rings. The molecule has 2 fully saturated rings. The minimum Gasteiger partial charge on any atom is -0.481 e. The monoisotopic (exact) mass is 474 g/mol. The molecule has 1 spiro atoms. The Balaban J connectivity index is 1.17. The van der Waals surface area contributed by atoms with Gasteiger partial charge in [-0.2, -0.15) is 13.2 Å². The van der Waals surface area contributed by atoms with Crippen molar-refractivity contribution in [3.05, 3.63) is 35.7 Å². The number of nitrogens with one attached hydrogen (secondary N) is 1. The zero-order valence-electron chi connectivity index (χ0n) is 19.0. The van der Waals surface area contributed by atoms with Crippen molar-refractivity contribution in [2.75, 3.05) is 19.6 Å². The summed E-state index contributed by atoms with van der Waals surface area (Å²) in [5, 5.41) is 9.04. The Morgan fingerprint density at radius 3 is 2.53 bits per heavy atom. The molecule has 6 nitrogen and oxygen atoms in total. The third-order valence-corrected chi connectivity index (χ3v) is 7.89. The number of alkyl halides is 3. The fraction of sp³-hybridized carbons (Fsp3) is 0.560. The van der Waals surface area contributed by atoms with Gasteiger partial charge in [-0.25, -0.2) is 4.98 Å². The number of hydrogen-bond acceptors (Lipinski definition) is 4. The van der Waals surface area contributed by atoms with Crippen LogP contribution in [0, 0.1) is 11.3 Å². The first kappa shape index (κ1) is 22.9. The van der Waals surface area contributed by atoms with E-state index in [1.54, 1.807) is 0 Å². The van der Waals surface area contributed by atoms with Gasteiger partial charge in [0.1, 0.15) is 11.7 Å². The number of carbonyl (C=O) groups is 1. The molecule has 9 heteroatoms. The Bertz CT molecular complexity index is 1130. The third-order valence-electron chi connectivity index (χ3n) is 7.89. The summed E-state index contributed by atoms with van der Waals surface area (Å²) in [5.74, 6) is 1.28. The van der Waals surface area contributed by atoms with Crippen LogP contribution >= 0.6 is 0 Å². The van der Waals surface area contributed by atoms with Crippen LogP contribution in [0.3, 0.4) is 0 Å². The molecule has 1 saturated carbocycles. The highest BCUT2D eigenvalue weighted by Crippen LogP contribution is 2.47. The van der Waals surface area contributed by atoms with Gasteiger partial charge in [-0.15, -0.1) is 0 Å². The van der Waals surface area contributed by atoms with E-state index in [0.29, 0.717) is 47.6 Å². The number of nitrogens with zero attached hydrogens (tertiary/aromatic N) is 3. The van der Waals surface area contributed by atoms with E-state index < -0.39 is 17.7 Å². The summed E-state index contributed by atoms with van der Waals surface area (Å²) >= 11 is 0. The lowest BCUT2D eigenvalue weighted by molar-refractivity contribution is -0.139. The van der Waals surface area contributed by atoms with E-state index >= 15 is 0 Å². The van der Waals surface area contributed by atoms with E-state index in [4.69, 9.17) is 10.1 Å². The van der Waals surface area contributed by atoms with Gasteiger partial charge >= 0.3 is 12.1 Å². The van der Waals surface area contributed by atoms with E-state index in [9.17, 15) is 18.0 Å². The van der Waals surface area contributed by atoms with Crippen molar-refractivity contribution >= 4 is 28.4 Å². The maximum atomic E-state index is 13.0. The number of H-pyrrole nitrogens is 1. The number of hydrogen-bond donors (Lipinski definition) is 2. The molecule has 0 atom stereocenters. The molecule has 2 aromatic rings. The summed E-state index contributed by atoms with van der Waals surface area (Å²) in [6.45, 7) is 2.40. The molecule has 5 rings (SSSR count). The fourth-order valence-electron chi connectivity index (χ4n) is 5.74. The predicted octanol–water partition coefficient (Wildman–Crippen LogP) is 5.51. The highest BCUT2D eigenvalue weighted by atomic mass is 19.4. The lowest BCUT2D eigenvalue weighted by Gasteiger charge is -2.46. The number of halogens is 3. The summed E-state index contributed by atoms with van der Waals surface area (Å²) < 4.78 is 39.0. The average Bonchev–Trinajstić information content (AvgIpc) is 3.24. The number of aromatic amines is 1. The van der Waals surface area contributed by atoms with Gasteiger partial charge in [0, 0.05) is 31.5 Å². The van der Waals surface area contributed by atoms with Crippen molar-refractivity contribution in [2.45, 2.75) is 57.5 Å². The Morgan fingerprint density at radius 2 is 1.91 bits per heavy atom. The quantitative estimate of drug-likeness (QED) is 0.614. The molecular weight excluding hydrogens is 445 g/mol. The summed E-state index contributed by atoms with van der Waals surface area (Å²) in [7, 11) is 0. The average molecular weight is 475 g/mol. The second-order valence-corrected chi connectivity index (χ2v) is 10.0. The molecule has 0 unspecified atom stereocenters. The Labute approximate surface area is 196 Å². The molecule has 1 saturated heterocycles. The molecule has 3 heterocycles. The standard InChI is InChI=1S/C25H29F3N4O2/c26-25(27,28)18-2-3-19-20(14-18)31-23(30-19)17-1-4-21(29-15-17)32-11-9-24(10-12-32)7-5-16(6-8-24)13-22(33)34/h1-3,14,16H,4-13,15H2,(H,30,31)(H,33,34). The first-order chi connectivity index (χ1) is 16.2. The molecule has 34 heavy (non-hydrogen) atoms. The lowest BCUT2D eigenvalue weighted by Crippen LogP contribution is -2.45. The van der Waals surface area contributed by atoms with Gasteiger partial charge in [0.25, 0.3) is 0 Å². The van der Waals surface area contributed by atoms with Gasteiger partial charge in [0.05, 0.1) is 23.1 Å². The molecule has 1 aliphatic carbocycles. The molecule has 0 radical (unpaired) electrons. The predicted molar refractivity (Wildman–Crippen MR) is 123 cm³/mol. The molecular formula is C25H29F3N4O2. The van der Waals surface area contributed by atoms with Gasteiger partial charge in [0.2, 0.25) is 0 Å². The maximum Gasteiger partial charge on any atom is 0.416 e. The number of aromatic nitrogens is 2. The Morgan fingerprint density at radius 1 is 1.18 bits per heavy atom. The minimum atomic E-state index is -4.38. The molecule has 2 N–H and O–H groups in total. The van der Waals surface area contributed by atoms with E-state index in [2.05, 4.69) is 20.9 Å².